The molecular weight excluding hydrogens is 248 g/mol. The Morgan fingerprint density at radius 2 is 2.00 bits per heavy atom. The van der Waals surface area contributed by atoms with E-state index in [2.05, 4.69) is 37.9 Å². The van der Waals surface area contributed by atoms with Gasteiger partial charge in [0.2, 0.25) is 5.91 Å². The van der Waals surface area contributed by atoms with Gasteiger partial charge in [-0.25, -0.2) is 0 Å². The molecule has 0 saturated carbocycles. The van der Waals surface area contributed by atoms with Crippen LogP contribution in [0.15, 0.2) is 30.5 Å². The zero-order valence-corrected chi connectivity index (χ0v) is 12.9. The molecule has 0 saturated heterocycles. The van der Waals surface area contributed by atoms with Gasteiger partial charge in [0.05, 0.1) is 0 Å². The van der Waals surface area contributed by atoms with Gasteiger partial charge in [0.1, 0.15) is 0 Å². The van der Waals surface area contributed by atoms with Crippen LogP contribution in [-0.2, 0) is 11.2 Å². The van der Waals surface area contributed by atoms with E-state index in [9.17, 15) is 4.79 Å². The predicted octanol–water partition coefficient (Wildman–Crippen LogP) is 3.75. The van der Waals surface area contributed by atoms with E-state index < -0.39 is 0 Å². The second-order valence-corrected chi connectivity index (χ2v) is 5.98. The fraction of sp³-hybridized carbons (Fsp3) is 0.471. The number of hydrogen-bond donors (Lipinski definition) is 1. The number of fused-ring (bicyclic) bond motifs is 1. The van der Waals surface area contributed by atoms with Crippen molar-refractivity contribution in [3.05, 3.63) is 36.0 Å². The highest BCUT2D eigenvalue weighted by Gasteiger charge is 2.25. The Bertz CT molecular complexity index is 598. The van der Waals surface area contributed by atoms with E-state index in [1.54, 1.807) is 0 Å². The molecule has 0 fully saturated rings. The van der Waals surface area contributed by atoms with Crippen molar-refractivity contribution in [2.24, 2.45) is 0 Å². The molecular formula is C17H24N2O. The number of carbonyl (C=O) groups excluding carboxylic acids is 1. The van der Waals surface area contributed by atoms with Crippen LogP contribution in [0.5, 0.6) is 0 Å². The van der Waals surface area contributed by atoms with Crippen molar-refractivity contribution in [2.45, 2.75) is 45.6 Å². The Morgan fingerprint density at radius 1 is 1.30 bits per heavy atom. The lowest BCUT2D eigenvalue weighted by Crippen LogP contribution is -2.44. The van der Waals surface area contributed by atoms with E-state index in [1.165, 1.54) is 10.9 Å². The van der Waals surface area contributed by atoms with Crippen molar-refractivity contribution in [3.8, 4) is 0 Å². The number of carbonyl (C=O) groups is 1. The Morgan fingerprint density at radius 3 is 2.70 bits per heavy atom. The van der Waals surface area contributed by atoms with Gasteiger partial charge in [-0.3, -0.25) is 4.79 Å². The van der Waals surface area contributed by atoms with Crippen molar-refractivity contribution in [2.75, 3.05) is 7.05 Å². The summed E-state index contributed by atoms with van der Waals surface area (Å²) in [5.41, 5.74) is 2.28. The Labute approximate surface area is 121 Å². The van der Waals surface area contributed by atoms with Crippen molar-refractivity contribution in [1.82, 2.24) is 9.88 Å². The number of hydrogen-bond acceptors (Lipinski definition) is 1. The van der Waals surface area contributed by atoms with Gasteiger partial charge in [-0.05, 0) is 38.3 Å². The van der Waals surface area contributed by atoms with Gasteiger partial charge in [0.25, 0.3) is 0 Å². The van der Waals surface area contributed by atoms with Gasteiger partial charge in [0, 0.05) is 36.1 Å². The minimum atomic E-state index is -0.0721. The lowest BCUT2D eigenvalue weighted by molar-refractivity contribution is -0.134. The number of aromatic amines is 1. The topological polar surface area (TPSA) is 36.1 Å². The summed E-state index contributed by atoms with van der Waals surface area (Å²) in [7, 11) is 1.90. The summed E-state index contributed by atoms with van der Waals surface area (Å²) >= 11 is 0. The number of nitrogens with one attached hydrogen (secondary N) is 1. The summed E-state index contributed by atoms with van der Waals surface area (Å²) in [6, 6.07) is 8.22. The average Bonchev–Trinajstić information content (AvgIpc) is 2.87. The largest absolute Gasteiger partial charge is 0.361 e. The summed E-state index contributed by atoms with van der Waals surface area (Å²) < 4.78 is 0. The van der Waals surface area contributed by atoms with E-state index >= 15 is 0 Å². The Balaban J connectivity index is 2.04. The number of rotatable bonds is 5. The molecule has 1 amide bonds. The molecule has 0 bridgehead atoms. The second kappa shape index (κ2) is 5.70. The van der Waals surface area contributed by atoms with Gasteiger partial charge in [-0.2, -0.15) is 0 Å². The molecule has 2 aromatic rings. The standard InChI is InChI=1S/C17H24N2O/c1-5-17(2,3)19(4)16(20)11-10-13-12-18-15-9-7-6-8-14(13)15/h6-9,12,18H,5,10-11H2,1-4H3. The SMILES string of the molecule is CCC(C)(C)N(C)C(=O)CCc1c[nH]c2ccccc12. The monoisotopic (exact) mass is 272 g/mol. The van der Waals surface area contributed by atoms with Crippen LogP contribution in [0.25, 0.3) is 10.9 Å². The number of aryl methyl sites for hydroxylation is 1. The molecule has 0 aliphatic rings. The van der Waals surface area contributed by atoms with E-state index in [-0.39, 0.29) is 11.4 Å². The first-order chi connectivity index (χ1) is 9.45. The molecule has 0 radical (unpaired) electrons. The first-order valence-corrected chi connectivity index (χ1v) is 7.27. The molecule has 2 rings (SSSR count). The van der Waals surface area contributed by atoms with Gasteiger partial charge >= 0.3 is 0 Å². The predicted molar refractivity (Wildman–Crippen MR) is 83.8 cm³/mol. The van der Waals surface area contributed by atoms with Crippen molar-refractivity contribution in [3.63, 3.8) is 0 Å². The number of aromatic nitrogens is 1. The summed E-state index contributed by atoms with van der Waals surface area (Å²) in [6.45, 7) is 6.33. The fourth-order valence-corrected chi connectivity index (χ4v) is 2.32. The van der Waals surface area contributed by atoms with E-state index in [0.717, 1.165) is 18.4 Å². The van der Waals surface area contributed by atoms with Gasteiger partial charge in [0.15, 0.2) is 0 Å². The summed E-state index contributed by atoms with van der Waals surface area (Å²) in [6.07, 6.45) is 4.32. The average molecular weight is 272 g/mol. The first kappa shape index (κ1) is 14.6. The molecule has 0 aliphatic heterocycles. The molecule has 1 aromatic heterocycles. The highest BCUT2D eigenvalue weighted by molar-refractivity contribution is 5.84. The van der Waals surface area contributed by atoms with Crippen LogP contribution >= 0.6 is 0 Å². The highest BCUT2D eigenvalue weighted by atomic mass is 16.2. The van der Waals surface area contributed by atoms with Crippen LogP contribution in [-0.4, -0.2) is 28.4 Å². The van der Waals surface area contributed by atoms with Crippen LogP contribution in [0.1, 0.15) is 39.2 Å². The van der Waals surface area contributed by atoms with Crippen molar-refractivity contribution < 1.29 is 4.79 Å². The van der Waals surface area contributed by atoms with E-state index in [4.69, 9.17) is 0 Å². The maximum Gasteiger partial charge on any atom is 0.223 e. The fourth-order valence-electron chi connectivity index (χ4n) is 2.32. The van der Waals surface area contributed by atoms with Crippen LogP contribution < -0.4 is 0 Å². The maximum absolute atomic E-state index is 12.3. The number of benzene rings is 1. The minimum absolute atomic E-state index is 0.0721. The molecule has 0 spiro atoms. The zero-order valence-electron chi connectivity index (χ0n) is 12.9. The van der Waals surface area contributed by atoms with Crippen molar-refractivity contribution >= 4 is 16.8 Å². The quantitative estimate of drug-likeness (QED) is 0.884. The zero-order chi connectivity index (χ0) is 14.8. The second-order valence-electron chi connectivity index (χ2n) is 5.98. The number of H-pyrrole nitrogens is 1. The van der Waals surface area contributed by atoms with Crippen molar-refractivity contribution in [1.29, 1.82) is 0 Å². The van der Waals surface area contributed by atoms with Crippen LogP contribution in [0.3, 0.4) is 0 Å². The third-order valence-electron chi connectivity index (χ3n) is 4.43. The van der Waals surface area contributed by atoms with E-state index in [1.807, 2.05) is 30.3 Å². The molecule has 0 aliphatic carbocycles. The number of para-hydroxylation sites is 1. The minimum Gasteiger partial charge on any atom is -0.361 e. The van der Waals surface area contributed by atoms with Crippen LogP contribution in [0, 0.1) is 0 Å². The first-order valence-electron chi connectivity index (χ1n) is 7.27. The molecule has 1 heterocycles. The molecule has 1 N–H and O–H groups in total. The van der Waals surface area contributed by atoms with Crippen LogP contribution in [0.4, 0.5) is 0 Å². The van der Waals surface area contributed by atoms with Gasteiger partial charge < -0.3 is 9.88 Å². The molecule has 20 heavy (non-hydrogen) atoms. The Kier molecular flexibility index (Phi) is 4.17. The lowest BCUT2D eigenvalue weighted by Gasteiger charge is -2.35. The smallest absolute Gasteiger partial charge is 0.223 e. The molecule has 3 heteroatoms. The molecule has 0 unspecified atom stereocenters. The van der Waals surface area contributed by atoms with E-state index in [0.29, 0.717) is 6.42 Å². The lowest BCUT2D eigenvalue weighted by atomic mass is 9.99. The Hall–Kier alpha value is -1.77. The summed E-state index contributed by atoms with van der Waals surface area (Å²) in [5, 5.41) is 1.22. The third kappa shape index (κ3) is 2.87. The number of amides is 1. The molecule has 108 valence electrons. The summed E-state index contributed by atoms with van der Waals surface area (Å²) in [5.74, 6) is 0.210. The molecule has 0 atom stereocenters. The normalized spacial score (nSPS) is 11.8. The highest BCUT2D eigenvalue weighted by Crippen LogP contribution is 2.21. The summed E-state index contributed by atoms with van der Waals surface area (Å²) in [4.78, 5) is 17.4. The van der Waals surface area contributed by atoms with Crippen LogP contribution in [0.2, 0.25) is 0 Å². The molecule has 3 nitrogen and oxygen atoms in total. The molecule has 1 aromatic carbocycles. The van der Waals surface area contributed by atoms with Gasteiger partial charge in [-0.1, -0.05) is 25.1 Å². The maximum atomic E-state index is 12.3. The van der Waals surface area contributed by atoms with Gasteiger partial charge in [-0.15, -0.1) is 0 Å². The third-order valence-corrected chi connectivity index (χ3v) is 4.43. The number of nitrogens with zero attached hydrogens (tertiary/aromatic N) is 1.